The van der Waals surface area contributed by atoms with E-state index in [4.69, 9.17) is 11.1 Å². The molecule has 2 unspecified atom stereocenters. The minimum absolute atomic E-state index is 0.0794. The van der Waals surface area contributed by atoms with Crippen LogP contribution in [0.5, 0.6) is 0 Å². The lowest BCUT2D eigenvalue weighted by atomic mass is 9.97. The van der Waals surface area contributed by atoms with E-state index < -0.39 is 0 Å². The number of carbonyl (C=O) groups is 1. The van der Waals surface area contributed by atoms with Crippen molar-refractivity contribution in [1.82, 2.24) is 9.80 Å². The molecule has 0 bridgehead atoms. The Labute approximate surface area is 197 Å². The molecular weight excluding hydrogens is 418 g/mol. The molecule has 1 aromatic carbocycles. The molecule has 4 atom stereocenters. The Balaban J connectivity index is 1.34. The number of para-hydroxylation sites is 1. The lowest BCUT2D eigenvalue weighted by molar-refractivity contribution is -0.119. The van der Waals surface area contributed by atoms with Crippen LogP contribution in [0.25, 0.3) is 0 Å². The summed E-state index contributed by atoms with van der Waals surface area (Å²) in [7, 11) is 0. The minimum Gasteiger partial charge on any atom is -0.370 e. The van der Waals surface area contributed by atoms with Crippen molar-refractivity contribution < 1.29 is 4.79 Å². The van der Waals surface area contributed by atoms with Crippen LogP contribution in [0.4, 0.5) is 5.69 Å². The van der Waals surface area contributed by atoms with Crippen molar-refractivity contribution >= 4 is 29.3 Å². The first-order valence-electron chi connectivity index (χ1n) is 12.4. The van der Waals surface area contributed by atoms with Gasteiger partial charge in [0.05, 0.1) is 10.9 Å². The highest BCUT2D eigenvalue weighted by atomic mass is 32.2. The molecule has 7 heteroatoms. The number of fused-ring (bicyclic) bond motifs is 1. The van der Waals surface area contributed by atoms with Crippen LogP contribution in [0.3, 0.4) is 0 Å². The fourth-order valence-corrected chi connectivity index (χ4v) is 7.05. The van der Waals surface area contributed by atoms with Gasteiger partial charge in [-0.25, -0.2) is 0 Å². The molecule has 32 heavy (non-hydrogen) atoms. The molecule has 3 heterocycles. The van der Waals surface area contributed by atoms with E-state index in [2.05, 4.69) is 36.9 Å². The normalized spacial score (nSPS) is 28.8. The predicted octanol–water partition coefficient (Wildman–Crippen LogP) is 4.14. The standard InChI is InChI=1S/C25H39N5OS/c1-18-9-8-10-19(2)29(18)14-6-3-7-15-30-21-11-4-5-12-22(21)32-23(24(30)31)20-13-16-28(17-20)25(26)27/h4-5,11-12,18-20,23H,3,6-10,13-17H2,1-2H3,(H3,26,27)/t18-,19+,20?,23?. The first-order valence-corrected chi connectivity index (χ1v) is 13.3. The van der Waals surface area contributed by atoms with Crippen LogP contribution in [0, 0.1) is 11.3 Å². The molecule has 1 amide bonds. The van der Waals surface area contributed by atoms with Crippen molar-refractivity contribution in [2.45, 2.75) is 81.0 Å². The number of anilines is 1. The van der Waals surface area contributed by atoms with Gasteiger partial charge in [-0.1, -0.05) is 25.0 Å². The van der Waals surface area contributed by atoms with Crippen LogP contribution in [-0.4, -0.2) is 65.2 Å². The van der Waals surface area contributed by atoms with E-state index in [-0.39, 0.29) is 23.0 Å². The molecule has 0 spiro atoms. The number of carbonyl (C=O) groups excluding carboxylic acids is 1. The van der Waals surface area contributed by atoms with Gasteiger partial charge in [-0.2, -0.15) is 0 Å². The lowest BCUT2D eigenvalue weighted by Crippen LogP contribution is -2.46. The van der Waals surface area contributed by atoms with Gasteiger partial charge in [0.1, 0.15) is 0 Å². The van der Waals surface area contributed by atoms with Gasteiger partial charge in [0, 0.05) is 36.6 Å². The summed E-state index contributed by atoms with van der Waals surface area (Å²) >= 11 is 1.71. The smallest absolute Gasteiger partial charge is 0.240 e. The highest BCUT2D eigenvalue weighted by Gasteiger charge is 2.41. The number of amides is 1. The zero-order chi connectivity index (χ0) is 22.7. The number of unbranched alkanes of at least 4 members (excludes halogenated alkanes) is 2. The quantitative estimate of drug-likeness (QED) is 0.366. The topological polar surface area (TPSA) is 76.7 Å². The molecule has 3 aliphatic rings. The molecule has 0 radical (unpaired) electrons. The second-order valence-electron chi connectivity index (χ2n) is 9.80. The van der Waals surface area contributed by atoms with E-state index in [1.807, 2.05) is 15.9 Å². The van der Waals surface area contributed by atoms with Crippen LogP contribution in [0.15, 0.2) is 29.2 Å². The van der Waals surface area contributed by atoms with E-state index in [1.54, 1.807) is 11.8 Å². The van der Waals surface area contributed by atoms with Gasteiger partial charge in [0.25, 0.3) is 0 Å². The van der Waals surface area contributed by atoms with Crippen molar-refractivity contribution in [3.05, 3.63) is 24.3 Å². The van der Waals surface area contributed by atoms with E-state index in [0.717, 1.165) is 38.0 Å². The van der Waals surface area contributed by atoms with Crippen molar-refractivity contribution in [2.24, 2.45) is 11.7 Å². The number of hydrogen-bond acceptors (Lipinski definition) is 4. The van der Waals surface area contributed by atoms with Crippen molar-refractivity contribution in [1.29, 1.82) is 5.41 Å². The fourth-order valence-electron chi connectivity index (χ4n) is 5.68. The lowest BCUT2D eigenvalue weighted by Gasteiger charge is -2.39. The molecule has 176 valence electrons. The summed E-state index contributed by atoms with van der Waals surface area (Å²) < 4.78 is 0. The summed E-state index contributed by atoms with van der Waals surface area (Å²) in [6, 6.07) is 9.73. The first kappa shape index (κ1) is 23.4. The number of nitrogens with one attached hydrogen (secondary N) is 1. The molecule has 2 saturated heterocycles. The van der Waals surface area contributed by atoms with Gasteiger partial charge in [0.15, 0.2) is 5.96 Å². The maximum atomic E-state index is 13.5. The van der Waals surface area contributed by atoms with E-state index in [0.29, 0.717) is 18.6 Å². The Bertz CT molecular complexity index is 807. The van der Waals surface area contributed by atoms with Crippen LogP contribution in [0.1, 0.15) is 58.8 Å². The van der Waals surface area contributed by atoms with Crippen LogP contribution < -0.4 is 10.6 Å². The third kappa shape index (κ3) is 5.09. The third-order valence-corrected chi connectivity index (χ3v) is 9.03. The maximum Gasteiger partial charge on any atom is 0.240 e. The number of hydrogen-bond donors (Lipinski definition) is 2. The summed E-state index contributed by atoms with van der Waals surface area (Å²) in [5.41, 5.74) is 6.76. The highest BCUT2D eigenvalue weighted by molar-refractivity contribution is 8.01. The molecule has 1 aromatic rings. The van der Waals surface area contributed by atoms with E-state index in [9.17, 15) is 4.79 Å². The molecule has 3 N–H and O–H groups in total. The van der Waals surface area contributed by atoms with Gasteiger partial charge in [0.2, 0.25) is 5.91 Å². The Morgan fingerprint density at radius 2 is 1.81 bits per heavy atom. The third-order valence-electron chi connectivity index (χ3n) is 7.59. The molecule has 2 fully saturated rings. The van der Waals surface area contributed by atoms with E-state index >= 15 is 0 Å². The number of piperidine rings is 1. The average molecular weight is 458 g/mol. The van der Waals surface area contributed by atoms with E-state index in [1.165, 1.54) is 37.1 Å². The SMILES string of the molecule is C[C@@H]1CCC[C@H](C)N1CCCCCN1C(=O)C(C2CCN(C(=N)N)C2)Sc2ccccc21. The average Bonchev–Trinajstić information content (AvgIpc) is 3.27. The summed E-state index contributed by atoms with van der Waals surface area (Å²) in [5.74, 6) is 0.604. The second-order valence-corrected chi connectivity index (χ2v) is 11.0. The van der Waals surface area contributed by atoms with Gasteiger partial charge in [-0.15, -0.1) is 11.8 Å². The first-order chi connectivity index (χ1) is 15.5. The van der Waals surface area contributed by atoms with Gasteiger partial charge < -0.3 is 15.5 Å². The molecule has 4 rings (SSSR count). The van der Waals surface area contributed by atoms with Gasteiger partial charge >= 0.3 is 0 Å². The summed E-state index contributed by atoms with van der Waals surface area (Å²) in [5, 5.41) is 7.65. The molecule has 6 nitrogen and oxygen atoms in total. The van der Waals surface area contributed by atoms with Gasteiger partial charge in [-0.3, -0.25) is 15.1 Å². The number of likely N-dealkylation sites (tertiary alicyclic amines) is 2. The highest BCUT2D eigenvalue weighted by Crippen LogP contribution is 2.43. The molecule has 0 aliphatic carbocycles. The number of thioether (sulfide) groups is 1. The van der Waals surface area contributed by atoms with Crippen molar-refractivity contribution in [3.8, 4) is 0 Å². The van der Waals surface area contributed by atoms with Crippen molar-refractivity contribution in [3.63, 3.8) is 0 Å². The molecule has 0 saturated carbocycles. The van der Waals surface area contributed by atoms with Crippen LogP contribution in [0.2, 0.25) is 0 Å². The molecule has 3 aliphatic heterocycles. The minimum atomic E-state index is -0.0794. The van der Waals surface area contributed by atoms with Crippen LogP contribution in [-0.2, 0) is 4.79 Å². The Kier molecular flexibility index (Phi) is 7.66. The number of nitrogens with two attached hydrogens (primary N) is 1. The Morgan fingerprint density at radius 1 is 1.09 bits per heavy atom. The summed E-state index contributed by atoms with van der Waals surface area (Å²) in [4.78, 5) is 21.4. The zero-order valence-electron chi connectivity index (χ0n) is 19.6. The zero-order valence-corrected chi connectivity index (χ0v) is 20.4. The van der Waals surface area contributed by atoms with Crippen molar-refractivity contribution in [2.75, 3.05) is 31.1 Å². The summed E-state index contributed by atoms with van der Waals surface area (Å²) in [6.45, 7) is 8.19. The number of rotatable bonds is 7. The summed E-state index contributed by atoms with van der Waals surface area (Å²) in [6.07, 6.45) is 8.33. The largest absolute Gasteiger partial charge is 0.370 e. The Hall–Kier alpha value is -1.73. The number of benzene rings is 1. The molecule has 0 aromatic heterocycles. The number of guanidine groups is 1. The fraction of sp³-hybridized carbons (Fsp3) is 0.680. The Morgan fingerprint density at radius 3 is 2.53 bits per heavy atom. The second kappa shape index (κ2) is 10.5. The molecular formula is C25H39N5OS. The predicted molar refractivity (Wildman–Crippen MR) is 133 cm³/mol. The van der Waals surface area contributed by atoms with Gasteiger partial charge in [-0.05, 0) is 70.5 Å². The monoisotopic (exact) mass is 457 g/mol. The number of nitrogens with zero attached hydrogens (tertiary/aromatic N) is 3. The van der Waals surface area contributed by atoms with Crippen LogP contribution >= 0.6 is 11.8 Å². The maximum absolute atomic E-state index is 13.5.